The molecular formula is C13H7N3S. The number of thiazole rings is 1. The van der Waals surface area contributed by atoms with Crippen molar-refractivity contribution in [2.45, 2.75) is 0 Å². The third-order valence-corrected chi connectivity index (χ3v) is 3.08. The van der Waals surface area contributed by atoms with Crippen molar-refractivity contribution in [1.82, 2.24) is 4.98 Å². The zero-order chi connectivity index (χ0) is 12.3. The van der Waals surface area contributed by atoms with E-state index in [1.165, 1.54) is 11.3 Å². The molecule has 2 rings (SSSR count). The Morgan fingerprint density at radius 1 is 1.41 bits per heavy atom. The van der Waals surface area contributed by atoms with E-state index in [0.717, 1.165) is 15.8 Å². The minimum Gasteiger partial charge on any atom is -0.247 e. The number of aromatic nitrogens is 1. The highest BCUT2D eigenvalue weighted by Gasteiger charge is 2.05. The number of rotatable bonds is 1. The highest BCUT2D eigenvalue weighted by Crippen LogP contribution is 2.11. The topological polar surface area (TPSA) is 41.0 Å². The summed E-state index contributed by atoms with van der Waals surface area (Å²) in [6.45, 7) is 10.8. The van der Waals surface area contributed by atoms with Gasteiger partial charge in [0.2, 0.25) is 0 Å². The van der Waals surface area contributed by atoms with Gasteiger partial charge in [-0.3, -0.25) is 0 Å². The first-order valence-electron chi connectivity index (χ1n) is 4.79. The van der Waals surface area contributed by atoms with Gasteiger partial charge in [0.25, 0.3) is 5.70 Å². The van der Waals surface area contributed by atoms with Crippen molar-refractivity contribution in [2.24, 2.45) is 0 Å². The molecule has 1 heterocycles. The predicted molar refractivity (Wildman–Crippen MR) is 67.9 cm³/mol. The molecule has 4 heteroatoms. The molecule has 0 saturated heterocycles. The third kappa shape index (κ3) is 2.08. The Hall–Kier alpha value is -2.43. The maximum Gasteiger partial charge on any atom is 0.296 e. The maximum atomic E-state index is 8.80. The van der Waals surface area contributed by atoms with Crippen LogP contribution in [0.1, 0.15) is 0 Å². The summed E-state index contributed by atoms with van der Waals surface area (Å²) in [4.78, 5) is 7.46. The van der Waals surface area contributed by atoms with Crippen molar-refractivity contribution >= 4 is 23.6 Å². The lowest BCUT2D eigenvalue weighted by Crippen LogP contribution is -2.00. The first-order valence-corrected chi connectivity index (χ1v) is 5.61. The van der Waals surface area contributed by atoms with Crippen LogP contribution in [-0.2, 0) is 0 Å². The van der Waals surface area contributed by atoms with Crippen molar-refractivity contribution in [2.75, 3.05) is 0 Å². The van der Waals surface area contributed by atoms with Crippen LogP contribution < -0.4 is 9.20 Å². The van der Waals surface area contributed by atoms with E-state index in [0.29, 0.717) is 4.66 Å². The molecule has 0 fully saturated rings. The lowest BCUT2D eigenvalue weighted by atomic mass is 10.2. The van der Waals surface area contributed by atoms with E-state index in [1.54, 1.807) is 0 Å². The minimum absolute atomic E-state index is 0.0158. The van der Waals surface area contributed by atoms with E-state index in [4.69, 9.17) is 11.8 Å². The summed E-state index contributed by atoms with van der Waals surface area (Å²) in [6, 6.07) is 11.4. The molecule has 0 atom stereocenters. The summed E-state index contributed by atoms with van der Waals surface area (Å²) >= 11 is 1.27. The van der Waals surface area contributed by atoms with Crippen LogP contribution in [0.25, 0.3) is 28.4 Å². The van der Waals surface area contributed by atoms with Crippen molar-refractivity contribution in [3.8, 4) is 17.3 Å². The van der Waals surface area contributed by atoms with E-state index in [2.05, 4.69) is 16.4 Å². The molecule has 80 valence electrons. The Bertz CT molecular complexity index is 714. The average Bonchev–Trinajstić information content (AvgIpc) is 2.74. The summed E-state index contributed by atoms with van der Waals surface area (Å²) in [5.74, 6) is 0. The van der Waals surface area contributed by atoms with Gasteiger partial charge in [0, 0.05) is 10.1 Å². The molecule has 0 aliphatic carbocycles. The smallest absolute Gasteiger partial charge is 0.247 e. The van der Waals surface area contributed by atoms with Gasteiger partial charge in [-0.2, -0.15) is 0 Å². The van der Waals surface area contributed by atoms with Crippen LogP contribution in [0.2, 0.25) is 0 Å². The van der Waals surface area contributed by atoms with Gasteiger partial charge in [0.1, 0.15) is 4.66 Å². The summed E-state index contributed by atoms with van der Waals surface area (Å²) in [7, 11) is 0. The standard InChI is InChI=1S/C13H7N3S/c1-9-12(10-6-4-3-5-7-10)16-13(17-9)11(8-14)15-2/h3-7H,1H2/b13-11-. The number of hydrogen-bond acceptors (Lipinski definition) is 3. The summed E-state index contributed by atoms with van der Waals surface area (Å²) < 4.78 is 1.20. The van der Waals surface area contributed by atoms with Crippen molar-refractivity contribution in [3.05, 3.63) is 50.9 Å². The van der Waals surface area contributed by atoms with Gasteiger partial charge in [-0.25, -0.2) is 15.1 Å². The number of hydrogen-bond donors (Lipinski definition) is 0. The second kappa shape index (κ2) is 4.61. The van der Waals surface area contributed by atoms with Crippen LogP contribution in [0.4, 0.5) is 0 Å². The number of benzene rings is 1. The normalized spacial score (nSPS) is 11.4. The lowest BCUT2D eigenvalue weighted by Gasteiger charge is -1.93. The largest absolute Gasteiger partial charge is 0.296 e. The highest BCUT2D eigenvalue weighted by atomic mass is 32.1. The second-order valence-electron chi connectivity index (χ2n) is 3.23. The van der Waals surface area contributed by atoms with Gasteiger partial charge in [-0.05, 0) is 0 Å². The molecule has 3 nitrogen and oxygen atoms in total. The quantitative estimate of drug-likeness (QED) is 0.709. The van der Waals surface area contributed by atoms with Crippen LogP contribution in [0.5, 0.6) is 0 Å². The van der Waals surface area contributed by atoms with Gasteiger partial charge in [0.15, 0.2) is 0 Å². The first kappa shape index (κ1) is 11.1. The van der Waals surface area contributed by atoms with Crippen LogP contribution in [0.15, 0.2) is 30.3 Å². The number of nitriles is 1. The third-order valence-electron chi connectivity index (χ3n) is 2.16. The second-order valence-corrected chi connectivity index (χ2v) is 4.31. The van der Waals surface area contributed by atoms with Crippen molar-refractivity contribution < 1.29 is 0 Å². The van der Waals surface area contributed by atoms with Crippen LogP contribution >= 0.6 is 11.3 Å². The Morgan fingerprint density at radius 2 is 2.12 bits per heavy atom. The molecule has 0 aliphatic heterocycles. The zero-order valence-corrected chi connectivity index (χ0v) is 9.66. The van der Waals surface area contributed by atoms with Crippen LogP contribution in [0.3, 0.4) is 0 Å². The molecule has 0 saturated carbocycles. The highest BCUT2D eigenvalue weighted by molar-refractivity contribution is 7.07. The van der Waals surface area contributed by atoms with Crippen LogP contribution in [-0.4, -0.2) is 4.98 Å². The molecule has 0 bridgehead atoms. The molecule has 1 aromatic heterocycles. The molecular weight excluding hydrogens is 230 g/mol. The van der Waals surface area contributed by atoms with Gasteiger partial charge >= 0.3 is 0 Å². The molecule has 0 spiro atoms. The fourth-order valence-corrected chi connectivity index (χ4v) is 2.21. The SMILES string of the molecule is [C-]#[N+]/C(C#N)=c1/nc(-c2ccccc2)c(=C)s1. The number of nitrogens with zero attached hydrogens (tertiary/aromatic N) is 3. The van der Waals surface area contributed by atoms with Gasteiger partial charge in [-0.15, -0.1) is 11.3 Å². The van der Waals surface area contributed by atoms with Crippen molar-refractivity contribution in [3.63, 3.8) is 0 Å². The Balaban J connectivity index is 2.71. The Kier molecular flexibility index (Phi) is 3.00. The monoisotopic (exact) mass is 237 g/mol. The van der Waals surface area contributed by atoms with E-state index >= 15 is 0 Å². The van der Waals surface area contributed by atoms with Crippen LogP contribution in [0, 0.1) is 17.9 Å². The molecule has 2 aromatic rings. The maximum absolute atomic E-state index is 8.80. The lowest BCUT2D eigenvalue weighted by molar-refractivity contribution is 1.33. The van der Waals surface area contributed by atoms with Gasteiger partial charge in [-0.1, -0.05) is 36.9 Å². The zero-order valence-electron chi connectivity index (χ0n) is 8.84. The molecule has 0 unspecified atom stereocenters. The Morgan fingerprint density at radius 3 is 2.71 bits per heavy atom. The predicted octanol–water partition coefficient (Wildman–Crippen LogP) is 1.77. The molecule has 0 aliphatic rings. The van der Waals surface area contributed by atoms with Crippen molar-refractivity contribution in [1.29, 1.82) is 5.26 Å². The van der Waals surface area contributed by atoms with E-state index in [9.17, 15) is 0 Å². The molecule has 0 amide bonds. The summed E-state index contributed by atoms with van der Waals surface area (Å²) in [5, 5.41) is 8.80. The average molecular weight is 237 g/mol. The van der Waals surface area contributed by atoms with Gasteiger partial charge < -0.3 is 0 Å². The fraction of sp³-hybridized carbons (Fsp3) is 0. The molecule has 1 aromatic carbocycles. The minimum atomic E-state index is 0.0158. The van der Waals surface area contributed by atoms with E-state index in [1.807, 2.05) is 36.4 Å². The first-order chi connectivity index (χ1) is 8.26. The molecule has 0 N–H and O–H groups in total. The Labute approximate surface area is 102 Å². The van der Waals surface area contributed by atoms with E-state index < -0.39 is 0 Å². The molecule has 0 radical (unpaired) electrons. The van der Waals surface area contributed by atoms with E-state index in [-0.39, 0.29) is 5.70 Å². The summed E-state index contributed by atoms with van der Waals surface area (Å²) in [5.41, 5.74) is 1.70. The molecule has 17 heavy (non-hydrogen) atoms. The van der Waals surface area contributed by atoms with Gasteiger partial charge in [0.05, 0.1) is 18.3 Å². The fourth-order valence-electron chi connectivity index (χ4n) is 1.40. The summed E-state index contributed by atoms with van der Waals surface area (Å²) in [6.07, 6.45) is 0.